The molecule has 2 aromatic carbocycles. The Morgan fingerprint density at radius 2 is 1.97 bits per heavy atom. The van der Waals surface area contributed by atoms with Crippen LogP contribution in [0.3, 0.4) is 0 Å². The zero-order valence-corrected chi connectivity index (χ0v) is 19.2. The van der Waals surface area contributed by atoms with Crippen molar-refractivity contribution in [3.63, 3.8) is 0 Å². The van der Waals surface area contributed by atoms with Crippen molar-refractivity contribution < 1.29 is 17.6 Å². The second-order valence-electron chi connectivity index (χ2n) is 7.82. The maximum atomic E-state index is 13.5. The first-order chi connectivity index (χ1) is 15.7. The second-order valence-corrected chi connectivity index (χ2v) is 10.5. The van der Waals surface area contributed by atoms with Crippen LogP contribution in [0.1, 0.15) is 27.1 Å². The predicted molar refractivity (Wildman–Crippen MR) is 123 cm³/mol. The van der Waals surface area contributed by atoms with Crippen molar-refractivity contribution in [2.75, 3.05) is 11.9 Å². The largest absolute Gasteiger partial charge is 0.316 e. The SMILES string of the molecule is N#Cc1c(NC(=O)Cc2ccc(S(N)(=O)=O)cc2)sc2c1CCN(Cc1cccc(F)c1)C2. The van der Waals surface area contributed by atoms with Gasteiger partial charge in [-0.05, 0) is 47.4 Å². The minimum atomic E-state index is -3.79. The molecule has 3 N–H and O–H groups in total. The van der Waals surface area contributed by atoms with E-state index in [4.69, 9.17) is 5.14 Å². The van der Waals surface area contributed by atoms with Gasteiger partial charge < -0.3 is 5.32 Å². The number of nitrogens with zero attached hydrogens (tertiary/aromatic N) is 2. The molecule has 10 heteroatoms. The number of sulfonamides is 1. The molecule has 0 bridgehead atoms. The Morgan fingerprint density at radius 3 is 2.64 bits per heavy atom. The summed E-state index contributed by atoms with van der Waals surface area (Å²) in [7, 11) is -3.79. The van der Waals surface area contributed by atoms with Crippen LogP contribution < -0.4 is 10.5 Å². The summed E-state index contributed by atoms with van der Waals surface area (Å²) in [5.74, 6) is -0.567. The average Bonchev–Trinajstić information content (AvgIpc) is 3.09. The van der Waals surface area contributed by atoms with Gasteiger partial charge in [0, 0.05) is 24.5 Å². The number of nitrogens with two attached hydrogens (primary N) is 1. The molecule has 1 aliphatic rings. The van der Waals surface area contributed by atoms with Crippen LogP contribution in [0.15, 0.2) is 53.4 Å². The molecule has 1 aliphatic heterocycles. The summed E-state index contributed by atoms with van der Waals surface area (Å²) in [5, 5.41) is 18.1. The van der Waals surface area contributed by atoms with Gasteiger partial charge in [-0.1, -0.05) is 24.3 Å². The Bertz CT molecular complexity index is 1350. The van der Waals surface area contributed by atoms with Crippen LogP contribution in [0, 0.1) is 17.1 Å². The van der Waals surface area contributed by atoms with Gasteiger partial charge in [-0.2, -0.15) is 5.26 Å². The van der Waals surface area contributed by atoms with E-state index in [0.29, 0.717) is 35.6 Å². The fourth-order valence-corrected chi connectivity index (χ4v) is 5.62. The number of amides is 1. The molecule has 1 amide bonds. The summed E-state index contributed by atoms with van der Waals surface area (Å²) in [4.78, 5) is 15.8. The summed E-state index contributed by atoms with van der Waals surface area (Å²) in [6.07, 6.45) is 0.707. The molecule has 33 heavy (non-hydrogen) atoms. The highest BCUT2D eigenvalue weighted by Gasteiger charge is 2.25. The van der Waals surface area contributed by atoms with Gasteiger partial charge in [-0.25, -0.2) is 17.9 Å². The number of thiophene rings is 1. The van der Waals surface area contributed by atoms with Gasteiger partial charge in [0.15, 0.2) is 0 Å². The fourth-order valence-electron chi connectivity index (χ4n) is 3.84. The van der Waals surface area contributed by atoms with E-state index in [1.807, 2.05) is 6.07 Å². The number of anilines is 1. The molecule has 0 saturated heterocycles. The number of rotatable bonds is 6. The van der Waals surface area contributed by atoms with Gasteiger partial charge in [0.05, 0.1) is 16.9 Å². The molecule has 0 fully saturated rings. The Morgan fingerprint density at radius 1 is 1.21 bits per heavy atom. The minimum Gasteiger partial charge on any atom is -0.316 e. The van der Waals surface area contributed by atoms with Crippen molar-refractivity contribution >= 4 is 32.3 Å². The first-order valence-electron chi connectivity index (χ1n) is 10.2. The molecule has 0 radical (unpaired) electrons. The maximum Gasteiger partial charge on any atom is 0.238 e. The average molecular weight is 485 g/mol. The monoisotopic (exact) mass is 484 g/mol. The summed E-state index contributed by atoms with van der Waals surface area (Å²) in [5.41, 5.74) is 2.95. The van der Waals surface area contributed by atoms with Crippen LogP contribution in [-0.2, 0) is 40.7 Å². The molecular weight excluding hydrogens is 463 g/mol. The molecular formula is C23H21FN4O3S2. The lowest BCUT2D eigenvalue weighted by molar-refractivity contribution is -0.115. The smallest absolute Gasteiger partial charge is 0.238 e. The fraction of sp³-hybridized carbons (Fsp3) is 0.217. The Balaban J connectivity index is 1.44. The van der Waals surface area contributed by atoms with Gasteiger partial charge >= 0.3 is 0 Å². The van der Waals surface area contributed by atoms with Crippen LogP contribution in [0.2, 0.25) is 0 Å². The summed E-state index contributed by atoms with van der Waals surface area (Å²) in [6.45, 7) is 1.96. The van der Waals surface area contributed by atoms with Crippen molar-refractivity contribution in [1.29, 1.82) is 5.26 Å². The van der Waals surface area contributed by atoms with E-state index in [2.05, 4.69) is 16.3 Å². The standard InChI is InChI=1S/C23H21FN4O3S2/c24-17-3-1-2-16(10-17)13-28-9-8-19-20(12-25)23(32-21(19)14-28)27-22(29)11-15-4-6-18(7-5-15)33(26,30)31/h1-7,10H,8-9,11,13-14H2,(H,27,29)(H2,26,30,31). The first-order valence-corrected chi connectivity index (χ1v) is 12.5. The molecule has 4 rings (SSSR count). The third-order valence-corrected chi connectivity index (χ3v) is 7.47. The van der Waals surface area contributed by atoms with Crippen LogP contribution in [0.4, 0.5) is 9.39 Å². The minimum absolute atomic E-state index is 0.0212. The topological polar surface area (TPSA) is 116 Å². The van der Waals surface area contributed by atoms with Gasteiger partial charge in [0.1, 0.15) is 16.9 Å². The van der Waals surface area contributed by atoms with Crippen LogP contribution >= 0.6 is 11.3 Å². The number of nitrogens with one attached hydrogen (secondary N) is 1. The van der Waals surface area contributed by atoms with E-state index in [0.717, 1.165) is 22.5 Å². The number of benzene rings is 2. The number of nitriles is 1. The van der Waals surface area contributed by atoms with Gasteiger partial charge in [-0.15, -0.1) is 11.3 Å². The third kappa shape index (κ3) is 5.46. The zero-order chi connectivity index (χ0) is 23.6. The summed E-state index contributed by atoms with van der Waals surface area (Å²) >= 11 is 1.38. The first kappa shape index (κ1) is 23.1. The number of fused-ring (bicyclic) bond motifs is 1. The molecule has 0 aliphatic carbocycles. The summed E-state index contributed by atoms with van der Waals surface area (Å²) < 4.78 is 36.2. The highest BCUT2D eigenvalue weighted by atomic mass is 32.2. The van der Waals surface area contributed by atoms with Gasteiger partial charge in [-0.3, -0.25) is 9.69 Å². The second kappa shape index (κ2) is 9.41. The quantitative estimate of drug-likeness (QED) is 0.558. The van der Waals surface area contributed by atoms with E-state index in [9.17, 15) is 22.9 Å². The molecule has 0 saturated carbocycles. The molecule has 7 nitrogen and oxygen atoms in total. The predicted octanol–water partition coefficient (Wildman–Crippen LogP) is 3.15. The van der Waals surface area contributed by atoms with E-state index in [1.165, 1.54) is 47.7 Å². The molecule has 0 spiro atoms. The number of carbonyl (C=O) groups is 1. The van der Waals surface area contributed by atoms with E-state index < -0.39 is 10.0 Å². The number of hydrogen-bond donors (Lipinski definition) is 2. The summed E-state index contributed by atoms with van der Waals surface area (Å²) in [6, 6.07) is 14.5. The molecule has 2 heterocycles. The molecule has 1 aromatic heterocycles. The maximum absolute atomic E-state index is 13.5. The molecule has 170 valence electrons. The van der Waals surface area contributed by atoms with Crippen molar-refractivity contribution in [2.24, 2.45) is 5.14 Å². The number of carbonyl (C=O) groups excluding carboxylic acids is 1. The number of halogens is 1. The molecule has 0 atom stereocenters. The van der Waals surface area contributed by atoms with E-state index >= 15 is 0 Å². The highest BCUT2D eigenvalue weighted by molar-refractivity contribution is 7.89. The Kier molecular flexibility index (Phi) is 6.58. The van der Waals surface area contributed by atoms with E-state index in [-0.39, 0.29) is 23.0 Å². The number of hydrogen-bond acceptors (Lipinski definition) is 6. The van der Waals surface area contributed by atoms with Crippen molar-refractivity contribution in [1.82, 2.24) is 4.90 Å². The highest BCUT2D eigenvalue weighted by Crippen LogP contribution is 2.37. The van der Waals surface area contributed by atoms with Crippen LogP contribution in [-0.4, -0.2) is 25.8 Å². The third-order valence-electron chi connectivity index (χ3n) is 5.41. The van der Waals surface area contributed by atoms with Crippen LogP contribution in [0.25, 0.3) is 0 Å². The normalized spacial score (nSPS) is 13.8. The lowest BCUT2D eigenvalue weighted by Gasteiger charge is -2.26. The van der Waals surface area contributed by atoms with Crippen molar-refractivity contribution in [3.05, 3.63) is 81.5 Å². The Labute approximate surface area is 195 Å². The lowest BCUT2D eigenvalue weighted by Crippen LogP contribution is -2.29. The zero-order valence-electron chi connectivity index (χ0n) is 17.5. The van der Waals surface area contributed by atoms with E-state index in [1.54, 1.807) is 6.07 Å². The Hall–Kier alpha value is -3.10. The van der Waals surface area contributed by atoms with Crippen molar-refractivity contribution in [3.8, 4) is 6.07 Å². The van der Waals surface area contributed by atoms with Crippen LogP contribution in [0.5, 0.6) is 0 Å². The number of primary sulfonamides is 1. The van der Waals surface area contributed by atoms with Crippen molar-refractivity contribution in [2.45, 2.75) is 30.8 Å². The van der Waals surface area contributed by atoms with Gasteiger partial charge in [0.25, 0.3) is 0 Å². The lowest BCUT2D eigenvalue weighted by atomic mass is 10.0. The molecule has 0 unspecified atom stereocenters. The van der Waals surface area contributed by atoms with Gasteiger partial charge in [0.2, 0.25) is 15.9 Å². The molecule has 3 aromatic rings.